The van der Waals surface area contributed by atoms with E-state index in [4.69, 9.17) is 4.74 Å². The van der Waals surface area contributed by atoms with Gasteiger partial charge in [0.2, 0.25) is 0 Å². The lowest BCUT2D eigenvalue weighted by Gasteiger charge is -2.49. The highest BCUT2D eigenvalue weighted by molar-refractivity contribution is 5.79. The largest absolute Gasteiger partial charge is 0.449 e. The first-order valence-electron chi connectivity index (χ1n) is 13.1. The van der Waals surface area contributed by atoms with E-state index < -0.39 is 0 Å². The minimum Gasteiger partial charge on any atom is -0.449 e. The van der Waals surface area contributed by atoms with Gasteiger partial charge in [0, 0.05) is 31.1 Å². The molecule has 2 unspecified atom stereocenters. The van der Waals surface area contributed by atoms with Crippen LogP contribution < -0.4 is 5.32 Å². The highest BCUT2D eigenvalue weighted by Gasteiger charge is 2.38. The van der Waals surface area contributed by atoms with Gasteiger partial charge in [-0.1, -0.05) is 85.3 Å². The quantitative estimate of drug-likeness (QED) is 0.460. The highest BCUT2D eigenvalue weighted by Crippen LogP contribution is 2.44. The van der Waals surface area contributed by atoms with Gasteiger partial charge in [0.25, 0.3) is 0 Å². The minimum absolute atomic E-state index is 0.105. The second-order valence-corrected chi connectivity index (χ2v) is 10.4. The molecular formula is C31H34N2O2. The Hall–Kier alpha value is -3.11. The number of alkyl carbamates (subject to hydrolysis) is 1. The van der Waals surface area contributed by atoms with Crippen molar-refractivity contribution >= 4 is 6.09 Å². The smallest absolute Gasteiger partial charge is 0.407 e. The molecule has 2 heterocycles. The van der Waals surface area contributed by atoms with E-state index >= 15 is 0 Å². The van der Waals surface area contributed by atoms with Crippen molar-refractivity contribution in [3.8, 4) is 11.1 Å². The minimum atomic E-state index is -0.288. The molecule has 3 aromatic carbocycles. The molecule has 4 heteroatoms. The zero-order valence-corrected chi connectivity index (χ0v) is 20.2. The molecular weight excluding hydrogens is 432 g/mol. The van der Waals surface area contributed by atoms with Gasteiger partial charge in [-0.15, -0.1) is 0 Å². The average molecular weight is 467 g/mol. The van der Waals surface area contributed by atoms with Gasteiger partial charge in [-0.2, -0.15) is 0 Å². The van der Waals surface area contributed by atoms with E-state index in [2.05, 4.69) is 89.1 Å². The topological polar surface area (TPSA) is 41.6 Å². The zero-order valence-electron chi connectivity index (χ0n) is 20.2. The van der Waals surface area contributed by atoms with Gasteiger partial charge in [0.05, 0.1) is 0 Å². The number of nitrogens with zero attached hydrogens (tertiary/aromatic N) is 1. The molecule has 2 atom stereocenters. The zero-order chi connectivity index (χ0) is 23.6. The van der Waals surface area contributed by atoms with Crippen LogP contribution in [-0.2, 0) is 11.3 Å². The number of benzene rings is 3. The lowest BCUT2D eigenvalue weighted by atomic mass is 9.78. The summed E-state index contributed by atoms with van der Waals surface area (Å²) in [5.74, 6) is 0.631. The summed E-state index contributed by atoms with van der Waals surface area (Å²) in [7, 11) is 0. The molecule has 2 saturated heterocycles. The normalized spacial score (nSPS) is 23.4. The monoisotopic (exact) mass is 466 g/mol. The molecule has 1 aliphatic carbocycles. The summed E-state index contributed by atoms with van der Waals surface area (Å²) in [6.45, 7) is 2.13. The number of fused-ring (bicyclic) bond motifs is 5. The summed E-state index contributed by atoms with van der Waals surface area (Å²) >= 11 is 0. The van der Waals surface area contributed by atoms with E-state index in [1.54, 1.807) is 0 Å². The molecule has 180 valence electrons. The number of carbonyl (C=O) groups excluding carboxylic acids is 1. The van der Waals surface area contributed by atoms with E-state index in [0.717, 1.165) is 19.4 Å². The Morgan fingerprint density at radius 1 is 0.829 bits per heavy atom. The number of carbonyl (C=O) groups is 1. The standard InChI is InChI=1S/C31H34N2O2/c34-31(35-21-30-28-15-6-4-13-26(28)27-14-5-7-16-29(27)30)32-19-23-17-24-11-8-12-25(18-23)33(24)20-22-9-2-1-3-10-22/h1-7,9-10,13-16,23-25,30H,8,11-12,17-21H2,(H,32,34). The van der Waals surface area contributed by atoms with Crippen LogP contribution in [0.2, 0.25) is 0 Å². The van der Waals surface area contributed by atoms with E-state index in [1.807, 2.05) is 0 Å². The van der Waals surface area contributed by atoms with Crippen molar-refractivity contribution in [2.75, 3.05) is 13.2 Å². The Balaban J connectivity index is 1.03. The molecule has 0 radical (unpaired) electrons. The van der Waals surface area contributed by atoms with Gasteiger partial charge < -0.3 is 10.1 Å². The van der Waals surface area contributed by atoms with Crippen molar-refractivity contribution in [3.05, 3.63) is 95.6 Å². The van der Waals surface area contributed by atoms with Gasteiger partial charge in [-0.25, -0.2) is 4.79 Å². The van der Waals surface area contributed by atoms with Crippen LogP contribution in [0.25, 0.3) is 11.1 Å². The summed E-state index contributed by atoms with van der Waals surface area (Å²) in [6, 6.07) is 29.0. The second-order valence-electron chi connectivity index (χ2n) is 10.4. The fraction of sp³-hybridized carbons (Fsp3) is 0.387. The fourth-order valence-electron chi connectivity index (χ4n) is 6.69. The van der Waals surface area contributed by atoms with Crippen molar-refractivity contribution in [2.24, 2.45) is 5.92 Å². The summed E-state index contributed by atoms with van der Waals surface area (Å²) in [5.41, 5.74) is 6.41. The Kier molecular flexibility index (Phi) is 6.30. The van der Waals surface area contributed by atoms with Crippen LogP contribution in [-0.4, -0.2) is 36.2 Å². The molecule has 6 rings (SSSR count). The van der Waals surface area contributed by atoms with Gasteiger partial charge in [0.1, 0.15) is 6.61 Å². The summed E-state index contributed by atoms with van der Waals surface area (Å²) in [5, 5.41) is 3.10. The third-order valence-electron chi connectivity index (χ3n) is 8.31. The average Bonchev–Trinajstić information content (AvgIpc) is 3.21. The molecule has 0 aromatic heterocycles. The van der Waals surface area contributed by atoms with Gasteiger partial charge in [-0.05, 0) is 59.4 Å². The number of ether oxygens (including phenoxy) is 1. The molecule has 2 fully saturated rings. The molecule has 4 nitrogen and oxygen atoms in total. The van der Waals surface area contributed by atoms with Gasteiger partial charge >= 0.3 is 6.09 Å². The predicted octanol–water partition coefficient (Wildman–Crippen LogP) is 6.36. The number of amides is 1. The first-order chi connectivity index (χ1) is 17.3. The van der Waals surface area contributed by atoms with Crippen molar-refractivity contribution in [3.63, 3.8) is 0 Å². The Bertz CT molecular complexity index is 1120. The Labute approximate surface area is 208 Å². The fourth-order valence-corrected chi connectivity index (χ4v) is 6.69. The van der Waals surface area contributed by atoms with Crippen LogP contribution in [0.15, 0.2) is 78.9 Å². The number of nitrogens with one attached hydrogen (secondary N) is 1. The van der Waals surface area contributed by atoms with Crippen LogP contribution in [0.5, 0.6) is 0 Å². The van der Waals surface area contributed by atoms with E-state index in [-0.39, 0.29) is 12.0 Å². The molecule has 35 heavy (non-hydrogen) atoms. The van der Waals surface area contributed by atoms with Crippen molar-refractivity contribution < 1.29 is 9.53 Å². The molecule has 1 N–H and O–H groups in total. The summed E-state index contributed by atoms with van der Waals surface area (Å²) in [4.78, 5) is 15.4. The number of rotatable bonds is 6. The van der Waals surface area contributed by atoms with E-state index in [0.29, 0.717) is 31.2 Å². The van der Waals surface area contributed by atoms with Crippen LogP contribution in [0.4, 0.5) is 4.79 Å². The Morgan fingerprint density at radius 3 is 2.09 bits per heavy atom. The second kappa shape index (κ2) is 9.87. The van der Waals surface area contributed by atoms with Gasteiger partial charge in [0.15, 0.2) is 0 Å². The van der Waals surface area contributed by atoms with Crippen LogP contribution >= 0.6 is 0 Å². The molecule has 0 spiro atoms. The number of hydrogen-bond donors (Lipinski definition) is 1. The van der Waals surface area contributed by atoms with Crippen molar-refractivity contribution in [1.82, 2.24) is 10.2 Å². The molecule has 1 amide bonds. The predicted molar refractivity (Wildman–Crippen MR) is 139 cm³/mol. The lowest BCUT2D eigenvalue weighted by molar-refractivity contribution is 0.00692. The SMILES string of the molecule is O=C(NCC1CC2CCCC(C1)N2Cc1ccccc1)OCC1c2ccccc2-c2ccccc21. The summed E-state index contributed by atoms with van der Waals surface area (Å²) < 4.78 is 5.76. The number of piperidine rings is 2. The first kappa shape index (κ1) is 22.4. The van der Waals surface area contributed by atoms with Crippen molar-refractivity contribution in [2.45, 2.75) is 56.7 Å². The maximum Gasteiger partial charge on any atom is 0.407 e. The van der Waals surface area contributed by atoms with Gasteiger partial charge in [-0.3, -0.25) is 4.90 Å². The van der Waals surface area contributed by atoms with Crippen LogP contribution in [0.3, 0.4) is 0 Å². The third kappa shape index (κ3) is 4.60. The first-order valence-corrected chi connectivity index (χ1v) is 13.1. The van der Waals surface area contributed by atoms with E-state index in [9.17, 15) is 4.79 Å². The summed E-state index contributed by atoms with van der Waals surface area (Å²) in [6.07, 6.45) is 5.90. The van der Waals surface area contributed by atoms with E-state index in [1.165, 1.54) is 47.1 Å². The molecule has 0 saturated carbocycles. The van der Waals surface area contributed by atoms with Crippen LogP contribution in [0, 0.1) is 5.92 Å². The maximum atomic E-state index is 12.7. The molecule has 3 aromatic rings. The van der Waals surface area contributed by atoms with Crippen LogP contribution in [0.1, 0.15) is 54.7 Å². The highest BCUT2D eigenvalue weighted by atomic mass is 16.5. The Morgan fingerprint density at radius 2 is 1.43 bits per heavy atom. The molecule has 2 aliphatic heterocycles. The molecule has 2 bridgehead atoms. The molecule has 3 aliphatic rings. The van der Waals surface area contributed by atoms with Crippen molar-refractivity contribution in [1.29, 1.82) is 0 Å². The third-order valence-corrected chi connectivity index (χ3v) is 8.31. The maximum absolute atomic E-state index is 12.7. The number of hydrogen-bond acceptors (Lipinski definition) is 3. The lowest BCUT2D eigenvalue weighted by Crippen LogP contribution is -2.53.